The van der Waals surface area contributed by atoms with Crippen molar-refractivity contribution in [3.8, 4) is 0 Å². The second-order valence-corrected chi connectivity index (χ2v) is 5.98. The minimum absolute atomic E-state index is 0.0579. The molecule has 0 radical (unpaired) electrons. The summed E-state index contributed by atoms with van der Waals surface area (Å²) in [5.74, 6) is 0. The third kappa shape index (κ3) is 2.79. The van der Waals surface area contributed by atoms with Gasteiger partial charge in [0.2, 0.25) is 0 Å². The first kappa shape index (κ1) is 14.1. The summed E-state index contributed by atoms with van der Waals surface area (Å²) in [6.07, 6.45) is 5.47. The number of ether oxygens (including phenoxy) is 1. The summed E-state index contributed by atoms with van der Waals surface area (Å²) in [6.45, 7) is 4.03. The van der Waals surface area contributed by atoms with E-state index in [9.17, 15) is 9.90 Å². The zero-order valence-corrected chi connectivity index (χ0v) is 12.3. The number of aromatic nitrogens is 2. The fraction of sp³-hybridized carbons (Fsp3) is 0.429. The molecule has 0 spiro atoms. The molecular weight excluding hydrogens is 290 g/mol. The van der Waals surface area contributed by atoms with E-state index in [-0.39, 0.29) is 12.6 Å². The molecule has 1 aliphatic heterocycles. The first-order valence-corrected chi connectivity index (χ1v) is 7.67. The molecule has 1 saturated heterocycles. The minimum atomic E-state index is -0.497. The Morgan fingerprint density at radius 1 is 1.67 bits per heavy atom. The molecule has 1 N–H and O–H groups in total. The van der Waals surface area contributed by atoms with Gasteiger partial charge in [0.05, 0.1) is 18.8 Å². The third-order valence-electron chi connectivity index (χ3n) is 3.63. The van der Waals surface area contributed by atoms with Crippen LogP contribution in [0.3, 0.4) is 0 Å². The van der Waals surface area contributed by atoms with Crippen LogP contribution in [0, 0.1) is 0 Å². The molecular formula is C14H17N3O3S. The van der Waals surface area contributed by atoms with Crippen LogP contribution in [0.1, 0.15) is 12.1 Å². The lowest BCUT2D eigenvalue weighted by atomic mass is 10.1. The highest BCUT2D eigenvalue weighted by Crippen LogP contribution is 2.25. The Morgan fingerprint density at radius 3 is 3.33 bits per heavy atom. The maximum absolute atomic E-state index is 12.0. The van der Waals surface area contributed by atoms with Crippen LogP contribution in [-0.4, -0.2) is 50.8 Å². The number of aliphatic hydroxyl groups is 1. The van der Waals surface area contributed by atoms with Crippen molar-refractivity contribution in [3.63, 3.8) is 0 Å². The standard InChI is InChI=1S/C14H17N3O3S/c1-2-3-20-14(19)16-7-12(18)5-10(16)4-11-8-21-13-6-15-9-17(11)13/h2,6,8-10,12,18H,1,3-5,7H2/t10-,12-/m1/s1. The molecule has 2 atom stereocenters. The predicted molar refractivity (Wildman–Crippen MR) is 79.4 cm³/mol. The summed E-state index contributed by atoms with van der Waals surface area (Å²) in [5, 5.41) is 11.9. The Bertz CT molecular complexity index is 651. The van der Waals surface area contributed by atoms with Gasteiger partial charge in [0.15, 0.2) is 0 Å². The Kier molecular flexibility index (Phi) is 3.94. The van der Waals surface area contributed by atoms with Gasteiger partial charge in [0, 0.05) is 23.5 Å². The topological polar surface area (TPSA) is 67.1 Å². The number of nitrogens with zero attached hydrogens (tertiary/aromatic N) is 3. The SMILES string of the molecule is C=CCOC(=O)N1C[C@H](O)C[C@H]1Cc1csc2cncn12. The zero-order valence-electron chi connectivity index (χ0n) is 11.5. The molecule has 0 unspecified atom stereocenters. The molecule has 21 heavy (non-hydrogen) atoms. The highest BCUT2D eigenvalue weighted by Gasteiger charge is 2.35. The number of fused-ring (bicyclic) bond motifs is 1. The average molecular weight is 307 g/mol. The summed E-state index contributed by atoms with van der Waals surface area (Å²) in [6, 6.07) is -0.0579. The molecule has 1 amide bonds. The summed E-state index contributed by atoms with van der Waals surface area (Å²) in [4.78, 5) is 18.8. The molecule has 0 saturated carbocycles. The number of hydrogen-bond acceptors (Lipinski definition) is 5. The van der Waals surface area contributed by atoms with Crippen molar-refractivity contribution < 1.29 is 14.6 Å². The fourth-order valence-electron chi connectivity index (χ4n) is 2.68. The predicted octanol–water partition coefficient (Wildman–Crippen LogP) is 1.70. The summed E-state index contributed by atoms with van der Waals surface area (Å²) in [5.41, 5.74) is 1.09. The number of amides is 1. The van der Waals surface area contributed by atoms with Gasteiger partial charge >= 0.3 is 6.09 Å². The molecule has 2 aromatic heterocycles. The zero-order chi connectivity index (χ0) is 14.8. The number of aliphatic hydroxyl groups excluding tert-OH is 1. The van der Waals surface area contributed by atoms with E-state index in [1.165, 1.54) is 6.08 Å². The smallest absolute Gasteiger partial charge is 0.410 e. The largest absolute Gasteiger partial charge is 0.445 e. The average Bonchev–Trinajstić information content (AvgIpc) is 3.14. The van der Waals surface area contributed by atoms with Crippen LogP contribution in [0.4, 0.5) is 4.79 Å². The Morgan fingerprint density at radius 2 is 2.52 bits per heavy atom. The van der Waals surface area contributed by atoms with Crippen molar-refractivity contribution in [1.29, 1.82) is 0 Å². The number of imidazole rings is 1. The number of carbonyl (C=O) groups is 1. The monoisotopic (exact) mass is 307 g/mol. The van der Waals surface area contributed by atoms with Gasteiger partial charge in [0.25, 0.3) is 0 Å². The molecule has 112 valence electrons. The number of likely N-dealkylation sites (tertiary alicyclic amines) is 1. The van der Waals surface area contributed by atoms with Crippen molar-refractivity contribution in [2.45, 2.75) is 25.0 Å². The summed E-state index contributed by atoms with van der Waals surface area (Å²) >= 11 is 1.62. The number of β-amino-alcohol motifs (C(OH)–C–C–N with tert-alkyl or cyclic N) is 1. The van der Waals surface area contributed by atoms with Gasteiger partial charge < -0.3 is 14.7 Å². The van der Waals surface area contributed by atoms with Gasteiger partial charge in [0.1, 0.15) is 17.8 Å². The van der Waals surface area contributed by atoms with E-state index in [0.29, 0.717) is 19.4 Å². The molecule has 3 heterocycles. The van der Waals surface area contributed by atoms with E-state index in [1.54, 1.807) is 22.6 Å². The van der Waals surface area contributed by atoms with Crippen molar-refractivity contribution in [2.75, 3.05) is 13.2 Å². The lowest BCUT2D eigenvalue weighted by Crippen LogP contribution is -2.37. The van der Waals surface area contributed by atoms with Gasteiger partial charge in [-0.15, -0.1) is 11.3 Å². The van der Waals surface area contributed by atoms with Gasteiger partial charge in [-0.3, -0.25) is 4.40 Å². The van der Waals surface area contributed by atoms with Crippen molar-refractivity contribution >= 4 is 22.3 Å². The van der Waals surface area contributed by atoms with Crippen LogP contribution in [0.2, 0.25) is 0 Å². The van der Waals surface area contributed by atoms with E-state index in [4.69, 9.17) is 4.74 Å². The van der Waals surface area contributed by atoms with Crippen LogP contribution in [-0.2, 0) is 11.2 Å². The molecule has 0 bridgehead atoms. The second kappa shape index (κ2) is 5.87. The quantitative estimate of drug-likeness (QED) is 0.873. The van der Waals surface area contributed by atoms with E-state index < -0.39 is 12.2 Å². The minimum Gasteiger partial charge on any atom is -0.445 e. The van der Waals surface area contributed by atoms with E-state index in [2.05, 4.69) is 16.9 Å². The van der Waals surface area contributed by atoms with Crippen molar-refractivity contribution in [2.24, 2.45) is 0 Å². The Balaban J connectivity index is 1.74. The Hall–Kier alpha value is -1.86. The van der Waals surface area contributed by atoms with Crippen molar-refractivity contribution in [1.82, 2.24) is 14.3 Å². The Labute approximate surface area is 126 Å². The number of carbonyl (C=O) groups excluding carboxylic acids is 1. The molecule has 0 aliphatic carbocycles. The molecule has 1 fully saturated rings. The second-order valence-electron chi connectivity index (χ2n) is 5.09. The summed E-state index contributed by atoms with van der Waals surface area (Å²) < 4.78 is 7.10. The highest BCUT2D eigenvalue weighted by molar-refractivity contribution is 7.15. The molecule has 6 nitrogen and oxygen atoms in total. The maximum Gasteiger partial charge on any atom is 0.410 e. The van der Waals surface area contributed by atoms with Crippen LogP contribution in [0.15, 0.2) is 30.6 Å². The van der Waals surface area contributed by atoms with E-state index >= 15 is 0 Å². The maximum atomic E-state index is 12.0. The van der Waals surface area contributed by atoms with Crippen LogP contribution in [0.5, 0.6) is 0 Å². The van der Waals surface area contributed by atoms with Gasteiger partial charge in [-0.1, -0.05) is 12.7 Å². The van der Waals surface area contributed by atoms with Crippen LogP contribution < -0.4 is 0 Å². The molecule has 0 aromatic carbocycles. The number of thiazole rings is 1. The normalized spacial score (nSPS) is 21.9. The van der Waals surface area contributed by atoms with Gasteiger partial charge in [-0.25, -0.2) is 9.78 Å². The van der Waals surface area contributed by atoms with Crippen molar-refractivity contribution in [3.05, 3.63) is 36.3 Å². The molecule has 3 rings (SSSR count). The van der Waals surface area contributed by atoms with E-state index in [0.717, 1.165) is 10.5 Å². The summed E-state index contributed by atoms with van der Waals surface area (Å²) in [7, 11) is 0. The van der Waals surface area contributed by atoms with Gasteiger partial charge in [-0.05, 0) is 6.42 Å². The molecule has 1 aliphatic rings. The van der Waals surface area contributed by atoms with E-state index in [1.807, 2.05) is 10.6 Å². The molecule has 7 heteroatoms. The lowest BCUT2D eigenvalue weighted by molar-refractivity contribution is 0.102. The highest BCUT2D eigenvalue weighted by atomic mass is 32.1. The first-order chi connectivity index (χ1) is 10.2. The number of rotatable bonds is 4. The lowest BCUT2D eigenvalue weighted by Gasteiger charge is -2.23. The first-order valence-electron chi connectivity index (χ1n) is 6.80. The van der Waals surface area contributed by atoms with Crippen LogP contribution >= 0.6 is 11.3 Å². The third-order valence-corrected chi connectivity index (χ3v) is 4.56. The van der Waals surface area contributed by atoms with Crippen LogP contribution in [0.25, 0.3) is 4.83 Å². The molecule has 2 aromatic rings. The van der Waals surface area contributed by atoms with Gasteiger partial charge in [-0.2, -0.15) is 0 Å². The number of hydrogen-bond donors (Lipinski definition) is 1. The fourth-order valence-corrected chi connectivity index (χ4v) is 3.55.